The molecule has 0 aliphatic rings. The molecule has 7 heteroatoms. The van der Waals surface area contributed by atoms with Crippen molar-refractivity contribution in [1.82, 2.24) is 0 Å². The molecule has 2 aromatic rings. The van der Waals surface area contributed by atoms with Gasteiger partial charge in [-0.25, -0.2) is 4.79 Å². The summed E-state index contributed by atoms with van der Waals surface area (Å²) in [6.45, 7) is 0. The number of nitrogens with one attached hydrogen (secondary N) is 1. The lowest BCUT2D eigenvalue weighted by atomic mass is 10.1. The van der Waals surface area contributed by atoms with Crippen molar-refractivity contribution in [1.29, 1.82) is 0 Å². The first-order chi connectivity index (χ1) is 11.5. The number of carbonyl (C=O) groups excluding carboxylic acids is 1. The van der Waals surface area contributed by atoms with Gasteiger partial charge in [-0.3, -0.25) is 4.79 Å². The molecule has 7 nitrogen and oxygen atoms in total. The molecule has 0 saturated heterocycles. The van der Waals surface area contributed by atoms with Crippen LogP contribution < -0.4 is 19.5 Å². The normalized spacial score (nSPS) is 9.96. The minimum Gasteiger partial charge on any atom is -0.495 e. The second kappa shape index (κ2) is 7.36. The number of carboxylic acid groups (broad SMARTS) is 1. The molecule has 126 valence electrons. The van der Waals surface area contributed by atoms with Gasteiger partial charge in [0.15, 0.2) is 11.5 Å². The van der Waals surface area contributed by atoms with Crippen molar-refractivity contribution in [2.75, 3.05) is 26.6 Å². The zero-order valence-electron chi connectivity index (χ0n) is 13.5. The Balaban J connectivity index is 2.32. The van der Waals surface area contributed by atoms with Crippen LogP contribution in [0.4, 0.5) is 5.69 Å². The molecule has 2 rings (SSSR count). The number of ether oxygens (including phenoxy) is 3. The topological polar surface area (TPSA) is 94.1 Å². The molecule has 0 aliphatic heterocycles. The second-order valence-corrected chi connectivity index (χ2v) is 4.74. The minimum atomic E-state index is -1.10. The Morgan fingerprint density at radius 2 is 1.42 bits per heavy atom. The quantitative estimate of drug-likeness (QED) is 0.845. The number of carboxylic acids is 1. The molecule has 0 aromatic heterocycles. The van der Waals surface area contributed by atoms with Gasteiger partial charge in [0.05, 0.1) is 32.6 Å². The summed E-state index contributed by atoms with van der Waals surface area (Å²) >= 11 is 0. The number of methoxy groups -OCH3 is 3. The van der Waals surface area contributed by atoms with Gasteiger partial charge in [0.1, 0.15) is 5.75 Å². The highest BCUT2D eigenvalue weighted by Crippen LogP contribution is 2.29. The van der Waals surface area contributed by atoms with Gasteiger partial charge in [-0.2, -0.15) is 0 Å². The maximum absolute atomic E-state index is 12.4. The lowest BCUT2D eigenvalue weighted by molar-refractivity contribution is 0.0696. The number of hydrogen-bond acceptors (Lipinski definition) is 5. The van der Waals surface area contributed by atoms with E-state index in [-0.39, 0.29) is 11.3 Å². The van der Waals surface area contributed by atoms with Crippen LogP contribution in [0.15, 0.2) is 36.4 Å². The van der Waals surface area contributed by atoms with E-state index in [2.05, 4.69) is 5.32 Å². The molecule has 1 amide bonds. The van der Waals surface area contributed by atoms with Crippen LogP contribution in [0.2, 0.25) is 0 Å². The van der Waals surface area contributed by atoms with E-state index in [1.807, 2.05) is 0 Å². The summed E-state index contributed by atoms with van der Waals surface area (Å²) in [5, 5.41) is 11.7. The van der Waals surface area contributed by atoms with E-state index < -0.39 is 11.9 Å². The van der Waals surface area contributed by atoms with Crippen molar-refractivity contribution >= 4 is 17.6 Å². The Bertz CT molecular complexity index is 772. The molecule has 0 radical (unpaired) electrons. The second-order valence-electron chi connectivity index (χ2n) is 4.74. The van der Waals surface area contributed by atoms with Crippen molar-refractivity contribution in [3.8, 4) is 17.2 Å². The van der Waals surface area contributed by atoms with E-state index in [0.717, 1.165) is 0 Å². The van der Waals surface area contributed by atoms with Crippen molar-refractivity contribution in [2.24, 2.45) is 0 Å². The Hall–Kier alpha value is -3.22. The molecule has 0 aliphatic carbocycles. The molecule has 2 aromatic carbocycles. The number of carbonyl (C=O) groups is 2. The number of aromatic carboxylic acids is 1. The molecule has 0 fully saturated rings. The molecule has 24 heavy (non-hydrogen) atoms. The first-order valence-corrected chi connectivity index (χ1v) is 6.95. The lowest BCUT2D eigenvalue weighted by Gasteiger charge is -2.12. The summed E-state index contributed by atoms with van der Waals surface area (Å²) in [6.07, 6.45) is 0. The van der Waals surface area contributed by atoms with Gasteiger partial charge >= 0.3 is 5.97 Å². The Labute approximate surface area is 138 Å². The van der Waals surface area contributed by atoms with Crippen LogP contribution >= 0.6 is 0 Å². The predicted molar refractivity (Wildman–Crippen MR) is 87.5 cm³/mol. The highest BCUT2D eigenvalue weighted by atomic mass is 16.5. The summed E-state index contributed by atoms with van der Waals surface area (Å²) < 4.78 is 15.4. The van der Waals surface area contributed by atoms with Gasteiger partial charge in [0.25, 0.3) is 5.91 Å². The van der Waals surface area contributed by atoms with Crippen LogP contribution in [0.1, 0.15) is 20.7 Å². The fourth-order valence-electron chi connectivity index (χ4n) is 2.11. The highest BCUT2D eigenvalue weighted by molar-refractivity contribution is 6.06. The maximum atomic E-state index is 12.4. The predicted octanol–water partition coefficient (Wildman–Crippen LogP) is 2.66. The van der Waals surface area contributed by atoms with Crippen LogP contribution in [0.5, 0.6) is 17.2 Å². The molecule has 0 saturated carbocycles. The molecule has 0 bridgehead atoms. The van der Waals surface area contributed by atoms with Crippen LogP contribution in [-0.4, -0.2) is 38.3 Å². The van der Waals surface area contributed by atoms with Gasteiger partial charge in [0, 0.05) is 5.56 Å². The van der Waals surface area contributed by atoms with Crippen LogP contribution in [0, 0.1) is 0 Å². The third-order valence-corrected chi connectivity index (χ3v) is 3.34. The van der Waals surface area contributed by atoms with Crippen molar-refractivity contribution in [2.45, 2.75) is 0 Å². The average Bonchev–Trinajstić information content (AvgIpc) is 2.60. The third kappa shape index (κ3) is 3.57. The third-order valence-electron chi connectivity index (χ3n) is 3.34. The summed E-state index contributed by atoms with van der Waals surface area (Å²) in [4.78, 5) is 23.5. The molecule has 0 spiro atoms. The van der Waals surface area contributed by atoms with Gasteiger partial charge in [0.2, 0.25) is 0 Å². The van der Waals surface area contributed by atoms with E-state index in [0.29, 0.717) is 22.8 Å². The summed E-state index contributed by atoms with van der Waals surface area (Å²) in [5.74, 6) is -0.263. The van der Waals surface area contributed by atoms with Crippen molar-refractivity contribution in [3.63, 3.8) is 0 Å². The van der Waals surface area contributed by atoms with Gasteiger partial charge in [-0.05, 0) is 36.4 Å². The molecule has 0 unspecified atom stereocenters. The highest BCUT2D eigenvalue weighted by Gasteiger charge is 2.15. The first-order valence-electron chi connectivity index (χ1n) is 6.95. The largest absolute Gasteiger partial charge is 0.495 e. The summed E-state index contributed by atoms with van der Waals surface area (Å²) in [5.41, 5.74) is 0.631. The SMILES string of the molecule is COc1ccc(C(=O)O)cc1NC(=O)c1ccc(OC)c(OC)c1. The maximum Gasteiger partial charge on any atom is 0.335 e. The number of amides is 1. The summed E-state index contributed by atoms with van der Waals surface area (Å²) in [6, 6.07) is 8.92. The van der Waals surface area contributed by atoms with E-state index in [1.165, 1.54) is 45.6 Å². The fraction of sp³-hybridized carbons (Fsp3) is 0.176. The van der Waals surface area contributed by atoms with E-state index in [1.54, 1.807) is 12.1 Å². The molecular formula is C17H17NO6. The number of hydrogen-bond donors (Lipinski definition) is 2. The van der Waals surface area contributed by atoms with Gasteiger partial charge in [-0.1, -0.05) is 0 Å². The van der Waals surface area contributed by atoms with Crippen molar-refractivity contribution in [3.05, 3.63) is 47.5 Å². The molecule has 2 N–H and O–H groups in total. The van der Waals surface area contributed by atoms with Crippen LogP contribution in [0.25, 0.3) is 0 Å². The molecular weight excluding hydrogens is 314 g/mol. The fourth-order valence-corrected chi connectivity index (χ4v) is 2.11. The van der Waals surface area contributed by atoms with E-state index >= 15 is 0 Å². The minimum absolute atomic E-state index is 0.0402. The van der Waals surface area contributed by atoms with E-state index in [4.69, 9.17) is 19.3 Å². The Morgan fingerprint density at radius 3 is 2.00 bits per heavy atom. The first kappa shape index (κ1) is 17.1. The van der Waals surface area contributed by atoms with Crippen LogP contribution in [0.3, 0.4) is 0 Å². The number of benzene rings is 2. The molecule has 0 heterocycles. The Morgan fingerprint density at radius 1 is 0.833 bits per heavy atom. The van der Waals surface area contributed by atoms with Crippen molar-refractivity contribution < 1.29 is 28.9 Å². The lowest BCUT2D eigenvalue weighted by Crippen LogP contribution is -2.13. The van der Waals surface area contributed by atoms with E-state index in [9.17, 15) is 9.59 Å². The van der Waals surface area contributed by atoms with Gasteiger partial charge < -0.3 is 24.6 Å². The van der Waals surface area contributed by atoms with Crippen LogP contribution in [-0.2, 0) is 0 Å². The summed E-state index contributed by atoms with van der Waals surface area (Å²) in [7, 11) is 4.40. The van der Waals surface area contributed by atoms with Gasteiger partial charge in [-0.15, -0.1) is 0 Å². The number of anilines is 1. The zero-order chi connectivity index (χ0) is 17.7. The average molecular weight is 331 g/mol. The zero-order valence-corrected chi connectivity index (χ0v) is 13.5. The smallest absolute Gasteiger partial charge is 0.335 e. The monoisotopic (exact) mass is 331 g/mol. The standard InChI is InChI=1S/C17H17NO6/c1-22-13-6-5-11(17(20)21)8-12(13)18-16(19)10-4-7-14(23-2)15(9-10)24-3/h4-9H,1-3H3,(H,18,19)(H,20,21). The number of rotatable bonds is 6. The molecule has 0 atom stereocenters. The Kier molecular flexibility index (Phi) is 5.26.